The molecule has 116 valence electrons. The highest BCUT2D eigenvalue weighted by atomic mass is 16.5. The van der Waals surface area contributed by atoms with Crippen molar-refractivity contribution in [3.05, 3.63) is 64.7 Å². The zero-order valence-electron chi connectivity index (χ0n) is 13.4. The summed E-state index contributed by atoms with van der Waals surface area (Å²) in [4.78, 5) is 2.49. The maximum Gasteiger partial charge on any atom is 0.118 e. The lowest BCUT2D eigenvalue weighted by atomic mass is 10.1. The van der Waals surface area contributed by atoms with Gasteiger partial charge in [-0.3, -0.25) is 4.90 Å². The Labute approximate surface area is 132 Å². The highest BCUT2D eigenvalue weighted by molar-refractivity contribution is 5.35. The number of methoxy groups -OCH3 is 1. The van der Waals surface area contributed by atoms with Gasteiger partial charge in [0.05, 0.1) is 7.11 Å². The van der Waals surface area contributed by atoms with Crippen LogP contribution in [0, 0.1) is 0 Å². The molecule has 1 N–H and O–H groups in total. The first kappa shape index (κ1) is 15.1. The summed E-state index contributed by atoms with van der Waals surface area (Å²) in [5.41, 5.74) is 5.66. The lowest BCUT2D eigenvalue weighted by Gasteiger charge is -2.15. The first-order valence-corrected chi connectivity index (χ1v) is 7.95. The fourth-order valence-corrected chi connectivity index (χ4v) is 3.00. The summed E-state index contributed by atoms with van der Waals surface area (Å²) in [6, 6.07) is 15.3. The van der Waals surface area contributed by atoms with Crippen LogP contribution < -0.4 is 10.1 Å². The smallest absolute Gasteiger partial charge is 0.118 e. The second-order valence-corrected chi connectivity index (χ2v) is 5.88. The van der Waals surface area contributed by atoms with Crippen LogP contribution >= 0.6 is 0 Å². The summed E-state index contributed by atoms with van der Waals surface area (Å²) in [7, 11) is 1.71. The van der Waals surface area contributed by atoms with Crippen molar-refractivity contribution >= 4 is 0 Å². The van der Waals surface area contributed by atoms with E-state index in [0.717, 1.165) is 38.5 Å². The van der Waals surface area contributed by atoms with Crippen molar-refractivity contribution in [2.75, 3.05) is 13.7 Å². The highest BCUT2D eigenvalue weighted by Crippen LogP contribution is 2.25. The molecule has 0 unspecified atom stereocenters. The van der Waals surface area contributed by atoms with Crippen molar-refractivity contribution < 1.29 is 4.74 Å². The van der Waals surface area contributed by atoms with Crippen molar-refractivity contribution in [1.29, 1.82) is 0 Å². The highest BCUT2D eigenvalue weighted by Gasteiger charge is 2.19. The predicted octanol–water partition coefficient (Wildman–Crippen LogP) is 3.32. The second-order valence-electron chi connectivity index (χ2n) is 5.88. The maximum absolute atomic E-state index is 5.22. The van der Waals surface area contributed by atoms with Crippen LogP contribution in [0.5, 0.6) is 5.75 Å². The van der Waals surface area contributed by atoms with Crippen molar-refractivity contribution in [2.24, 2.45) is 0 Å². The average Bonchev–Trinajstić information content (AvgIpc) is 2.95. The maximum atomic E-state index is 5.22. The van der Waals surface area contributed by atoms with Crippen LogP contribution in [0.3, 0.4) is 0 Å². The SMILES string of the molecule is CCNCc1ccc2c(c1)CN(Cc1ccc(OC)cc1)C2. The van der Waals surface area contributed by atoms with E-state index in [1.54, 1.807) is 7.11 Å². The van der Waals surface area contributed by atoms with Gasteiger partial charge in [-0.15, -0.1) is 0 Å². The molecule has 0 radical (unpaired) electrons. The Morgan fingerprint density at radius 2 is 1.73 bits per heavy atom. The summed E-state index contributed by atoms with van der Waals surface area (Å²) < 4.78 is 5.22. The minimum Gasteiger partial charge on any atom is -0.497 e. The largest absolute Gasteiger partial charge is 0.497 e. The summed E-state index contributed by atoms with van der Waals surface area (Å²) in [5, 5.41) is 3.39. The fourth-order valence-electron chi connectivity index (χ4n) is 3.00. The van der Waals surface area contributed by atoms with Crippen LogP contribution in [-0.4, -0.2) is 18.6 Å². The van der Waals surface area contributed by atoms with Gasteiger partial charge in [-0.1, -0.05) is 37.3 Å². The van der Waals surface area contributed by atoms with Gasteiger partial charge >= 0.3 is 0 Å². The van der Waals surface area contributed by atoms with E-state index in [-0.39, 0.29) is 0 Å². The first-order chi connectivity index (χ1) is 10.8. The van der Waals surface area contributed by atoms with E-state index in [9.17, 15) is 0 Å². The van der Waals surface area contributed by atoms with E-state index < -0.39 is 0 Å². The zero-order valence-corrected chi connectivity index (χ0v) is 13.4. The van der Waals surface area contributed by atoms with Gasteiger partial charge < -0.3 is 10.1 Å². The first-order valence-electron chi connectivity index (χ1n) is 7.95. The minimum absolute atomic E-state index is 0.918. The van der Waals surface area contributed by atoms with Gasteiger partial charge in [0, 0.05) is 26.2 Å². The van der Waals surface area contributed by atoms with Crippen LogP contribution in [0.4, 0.5) is 0 Å². The molecule has 0 amide bonds. The van der Waals surface area contributed by atoms with E-state index in [4.69, 9.17) is 4.74 Å². The fraction of sp³-hybridized carbons (Fsp3) is 0.368. The minimum atomic E-state index is 0.918. The molecular formula is C19H24N2O. The molecular weight excluding hydrogens is 272 g/mol. The normalized spacial score (nSPS) is 14.1. The van der Waals surface area contributed by atoms with Gasteiger partial charge in [-0.05, 0) is 40.9 Å². The molecule has 3 rings (SSSR count). The van der Waals surface area contributed by atoms with Crippen molar-refractivity contribution in [3.63, 3.8) is 0 Å². The molecule has 3 heteroatoms. The monoisotopic (exact) mass is 296 g/mol. The Bertz CT molecular complexity index is 622. The summed E-state index contributed by atoms with van der Waals surface area (Å²) in [6.45, 7) is 7.19. The molecule has 0 fully saturated rings. The molecule has 0 atom stereocenters. The number of ether oxygens (including phenoxy) is 1. The topological polar surface area (TPSA) is 24.5 Å². The average molecular weight is 296 g/mol. The van der Waals surface area contributed by atoms with Gasteiger partial charge in [0.1, 0.15) is 5.75 Å². The van der Waals surface area contributed by atoms with E-state index >= 15 is 0 Å². The Morgan fingerprint density at radius 1 is 1.00 bits per heavy atom. The van der Waals surface area contributed by atoms with Gasteiger partial charge in [0.2, 0.25) is 0 Å². The Kier molecular flexibility index (Phi) is 4.76. The molecule has 1 aliphatic heterocycles. The van der Waals surface area contributed by atoms with Crippen molar-refractivity contribution in [1.82, 2.24) is 10.2 Å². The molecule has 0 saturated heterocycles. The summed E-state index contributed by atoms with van der Waals surface area (Å²) in [6.07, 6.45) is 0. The zero-order chi connectivity index (χ0) is 15.4. The molecule has 0 bridgehead atoms. The van der Waals surface area contributed by atoms with Crippen molar-refractivity contribution in [3.8, 4) is 5.75 Å². The van der Waals surface area contributed by atoms with Crippen LogP contribution in [0.2, 0.25) is 0 Å². The lowest BCUT2D eigenvalue weighted by molar-refractivity contribution is 0.275. The number of nitrogens with one attached hydrogen (secondary N) is 1. The standard InChI is InChI=1S/C19H24N2O/c1-3-20-11-16-4-7-17-13-21(14-18(17)10-16)12-15-5-8-19(22-2)9-6-15/h4-10,20H,3,11-14H2,1-2H3. The molecule has 0 saturated carbocycles. The number of fused-ring (bicyclic) bond motifs is 1. The van der Waals surface area contributed by atoms with Crippen LogP contribution in [0.15, 0.2) is 42.5 Å². The van der Waals surface area contributed by atoms with E-state index in [1.807, 2.05) is 12.1 Å². The molecule has 3 nitrogen and oxygen atoms in total. The van der Waals surface area contributed by atoms with Crippen LogP contribution in [0.25, 0.3) is 0 Å². The van der Waals surface area contributed by atoms with E-state index in [2.05, 4.69) is 47.5 Å². The van der Waals surface area contributed by atoms with Gasteiger partial charge in [0.25, 0.3) is 0 Å². The third-order valence-corrected chi connectivity index (χ3v) is 4.20. The lowest BCUT2D eigenvalue weighted by Crippen LogP contribution is -2.15. The number of hydrogen-bond acceptors (Lipinski definition) is 3. The molecule has 1 heterocycles. The molecule has 1 aliphatic rings. The van der Waals surface area contributed by atoms with E-state index in [0.29, 0.717) is 0 Å². The Morgan fingerprint density at radius 3 is 2.45 bits per heavy atom. The number of nitrogens with zero attached hydrogens (tertiary/aromatic N) is 1. The molecule has 0 spiro atoms. The number of hydrogen-bond donors (Lipinski definition) is 1. The number of benzene rings is 2. The molecule has 0 aliphatic carbocycles. The van der Waals surface area contributed by atoms with Gasteiger partial charge in [0.15, 0.2) is 0 Å². The van der Waals surface area contributed by atoms with Crippen LogP contribution in [-0.2, 0) is 26.2 Å². The molecule has 2 aromatic rings. The third-order valence-electron chi connectivity index (χ3n) is 4.20. The third kappa shape index (κ3) is 3.49. The second kappa shape index (κ2) is 6.95. The Balaban J connectivity index is 1.63. The molecule has 0 aromatic heterocycles. The van der Waals surface area contributed by atoms with Gasteiger partial charge in [-0.25, -0.2) is 0 Å². The van der Waals surface area contributed by atoms with Gasteiger partial charge in [-0.2, -0.15) is 0 Å². The summed E-state index contributed by atoms with van der Waals surface area (Å²) >= 11 is 0. The molecule has 22 heavy (non-hydrogen) atoms. The van der Waals surface area contributed by atoms with Crippen molar-refractivity contribution in [2.45, 2.75) is 33.1 Å². The number of rotatable bonds is 6. The molecule has 2 aromatic carbocycles. The van der Waals surface area contributed by atoms with E-state index in [1.165, 1.54) is 22.3 Å². The van der Waals surface area contributed by atoms with Crippen LogP contribution in [0.1, 0.15) is 29.2 Å². The quantitative estimate of drug-likeness (QED) is 0.885. The summed E-state index contributed by atoms with van der Waals surface area (Å²) in [5.74, 6) is 0.918. The predicted molar refractivity (Wildman–Crippen MR) is 89.8 cm³/mol. The Hall–Kier alpha value is -1.84.